The molecule has 0 bridgehead atoms. The maximum Gasteiger partial charge on any atom is 0.255 e. The molecule has 0 fully saturated rings. The highest BCUT2D eigenvalue weighted by atomic mass is 35.5. The second kappa shape index (κ2) is 7.85. The zero-order valence-corrected chi connectivity index (χ0v) is 14.9. The van der Waals surface area contributed by atoms with E-state index in [4.69, 9.17) is 11.6 Å². The van der Waals surface area contributed by atoms with Crippen LogP contribution < -0.4 is 10.6 Å². The van der Waals surface area contributed by atoms with Gasteiger partial charge in [0.2, 0.25) is 0 Å². The molecule has 0 heterocycles. The van der Waals surface area contributed by atoms with E-state index >= 15 is 0 Å². The summed E-state index contributed by atoms with van der Waals surface area (Å²) < 4.78 is 0. The summed E-state index contributed by atoms with van der Waals surface area (Å²) in [7, 11) is 0. The largest absolute Gasteiger partial charge is 0.322 e. The van der Waals surface area contributed by atoms with Crippen molar-refractivity contribution < 1.29 is 9.59 Å². The number of hydrogen-bond donors (Lipinski definition) is 2. The normalized spacial score (nSPS) is 10.2. The molecular weight excluding hydrogens is 348 g/mol. The number of nitrogens with one attached hydrogen (secondary N) is 2. The Kier molecular flexibility index (Phi) is 5.34. The molecule has 4 nitrogen and oxygen atoms in total. The van der Waals surface area contributed by atoms with Crippen LogP contribution in [0.15, 0.2) is 72.8 Å². The molecule has 0 saturated heterocycles. The van der Waals surface area contributed by atoms with Crippen molar-refractivity contribution in [2.45, 2.75) is 6.92 Å². The molecule has 5 heteroatoms. The van der Waals surface area contributed by atoms with Gasteiger partial charge in [-0.05, 0) is 55.5 Å². The lowest BCUT2D eigenvalue weighted by atomic mass is 10.1. The van der Waals surface area contributed by atoms with Gasteiger partial charge in [-0.3, -0.25) is 9.59 Å². The maximum absolute atomic E-state index is 12.4. The highest BCUT2D eigenvalue weighted by Crippen LogP contribution is 2.18. The summed E-state index contributed by atoms with van der Waals surface area (Å²) in [5, 5.41) is 6.13. The average molecular weight is 365 g/mol. The highest BCUT2D eigenvalue weighted by molar-refractivity contribution is 6.31. The monoisotopic (exact) mass is 364 g/mol. The van der Waals surface area contributed by atoms with Crippen molar-refractivity contribution in [3.8, 4) is 0 Å². The first-order valence-corrected chi connectivity index (χ1v) is 8.44. The van der Waals surface area contributed by atoms with E-state index in [1.165, 1.54) is 0 Å². The van der Waals surface area contributed by atoms with Crippen LogP contribution in [0.25, 0.3) is 0 Å². The second-order valence-electron chi connectivity index (χ2n) is 5.87. The van der Waals surface area contributed by atoms with Gasteiger partial charge in [0.1, 0.15) is 0 Å². The standard InChI is InChI=1S/C21H17ClN2O2/c1-14-8-10-15(11-9-14)20(25)23-18-6-2-4-16(12-18)21(26)24-19-7-3-5-17(22)13-19/h2-13H,1H3,(H,23,25)(H,24,26). The second-order valence-corrected chi connectivity index (χ2v) is 6.30. The maximum atomic E-state index is 12.4. The summed E-state index contributed by atoms with van der Waals surface area (Å²) in [6.07, 6.45) is 0. The number of anilines is 2. The number of benzene rings is 3. The minimum absolute atomic E-state index is 0.225. The number of rotatable bonds is 4. The summed E-state index contributed by atoms with van der Waals surface area (Å²) in [4.78, 5) is 24.7. The summed E-state index contributed by atoms with van der Waals surface area (Å²) in [6, 6.07) is 21.0. The summed E-state index contributed by atoms with van der Waals surface area (Å²) >= 11 is 5.93. The molecule has 0 aliphatic heterocycles. The van der Waals surface area contributed by atoms with Gasteiger partial charge in [-0.25, -0.2) is 0 Å². The van der Waals surface area contributed by atoms with E-state index in [1.807, 2.05) is 19.1 Å². The molecule has 2 amide bonds. The van der Waals surface area contributed by atoms with Crippen LogP contribution in [0.3, 0.4) is 0 Å². The Morgan fingerprint density at radius 2 is 1.31 bits per heavy atom. The van der Waals surface area contributed by atoms with Crippen LogP contribution in [0.1, 0.15) is 26.3 Å². The minimum atomic E-state index is -0.279. The van der Waals surface area contributed by atoms with Crippen LogP contribution in [-0.4, -0.2) is 11.8 Å². The third kappa shape index (κ3) is 4.49. The fourth-order valence-electron chi connectivity index (χ4n) is 2.42. The number of aryl methyl sites for hydroxylation is 1. The predicted octanol–water partition coefficient (Wildman–Crippen LogP) is 5.15. The van der Waals surface area contributed by atoms with Gasteiger partial charge in [-0.2, -0.15) is 0 Å². The van der Waals surface area contributed by atoms with Crippen LogP contribution in [-0.2, 0) is 0 Å². The van der Waals surface area contributed by atoms with Gasteiger partial charge in [0.05, 0.1) is 0 Å². The summed E-state index contributed by atoms with van der Waals surface area (Å²) in [6.45, 7) is 1.96. The van der Waals surface area contributed by atoms with Gasteiger partial charge in [0.25, 0.3) is 11.8 Å². The van der Waals surface area contributed by atoms with Gasteiger partial charge in [-0.15, -0.1) is 0 Å². The van der Waals surface area contributed by atoms with E-state index in [-0.39, 0.29) is 11.8 Å². The number of amides is 2. The van der Waals surface area contributed by atoms with Gasteiger partial charge < -0.3 is 10.6 Å². The van der Waals surface area contributed by atoms with Crippen LogP contribution in [0.2, 0.25) is 5.02 Å². The van der Waals surface area contributed by atoms with E-state index in [2.05, 4.69) is 10.6 Å². The Morgan fingerprint density at radius 3 is 1.96 bits per heavy atom. The predicted molar refractivity (Wildman–Crippen MR) is 105 cm³/mol. The Balaban J connectivity index is 1.72. The molecule has 0 aromatic heterocycles. The molecule has 3 rings (SSSR count). The Bertz CT molecular complexity index is 952. The van der Waals surface area contributed by atoms with Crippen molar-refractivity contribution in [3.05, 3.63) is 94.5 Å². The molecule has 130 valence electrons. The zero-order valence-electron chi connectivity index (χ0n) is 14.1. The van der Waals surface area contributed by atoms with Crippen molar-refractivity contribution in [1.82, 2.24) is 0 Å². The quantitative estimate of drug-likeness (QED) is 0.672. The van der Waals surface area contributed by atoms with Crippen LogP contribution in [0.4, 0.5) is 11.4 Å². The van der Waals surface area contributed by atoms with E-state index in [0.717, 1.165) is 5.56 Å². The molecule has 0 unspecified atom stereocenters. The fourth-order valence-corrected chi connectivity index (χ4v) is 2.61. The lowest BCUT2D eigenvalue weighted by Gasteiger charge is -2.09. The number of hydrogen-bond acceptors (Lipinski definition) is 2. The van der Waals surface area contributed by atoms with Crippen molar-refractivity contribution in [2.75, 3.05) is 10.6 Å². The fraction of sp³-hybridized carbons (Fsp3) is 0.0476. The minimum Gasteiger partial charge on any atom is -0.322 e. The van der Waals surface area contributed by atoms with E-state index in [9.17, 15) is 9.59 Å². The Labute approximate surface area is 156 Å². The molecule has 0 aliphatic rings. The van der Waals surface area contributed by atoms with Gasteiger partial charge >= 0.3 is 0 Å². The van der Waals surface area contributed by atoms with Crippen LogP contribution >= 0.6 is 11.6 Å². The summed E-state index contributed by atoms with van der Waals surface area (Å²) in [5.74, 6) is -0.504. The van der Waals surface area contributed by atoms with Gasteiger partial charge in [0, 0.05) is 27.5 Å². The van der Waals surface area contributed by atoms with E-state index in [0.29, 0.717) is 27.5 Å². The van der Waals surface area contributed by atoms with Crippen molar-refractivity contribution >= 4 is 34.8 Å². The molecule has 0 saturated carbocycles. The molecule has 0 spiro atoms. The topological polar surface area (TPSA) is 58.2 Å². The van der Waals surface area contributed by atoms with Crippen molar-refractivity contribution in [2.24, 2.45) is 0 Å². The Morgan fingerprint density at radius 1 is 0.731 bits per heavy atom. The first-order chi connectivity index (χ1) is 12.5. The number of halogens is 1. The first kappa shape index (κ1) is 17.7. The van der Waals surface area contributed by atoms with Crippen molar-refractivity contribution in [3.63, 3.8) is 0 Å². The molecule has 3 aromatic rings. The van der Waals surface area contributed by atoms with Crippen molar-refractivity contribution in [1.29, 1.82) is 0 Å². The molecule has 3 aromatic carbocycles. The first-order valence-electron chi connectivity index (χ1n) is 8.06. The average Bonchev–Trinajstić information content (AvgIpc) is 2.62. The van der Waals surface area contributed by atoms with Crippen LogP contribution in [0.5, 0.6) is 0 Å². The Hall–Kier alpha value is -3.11. The summed E-state index contributed by atoms with van der Waals surface area (Å²) in [5.41, 5.74) is 3.24. The highest BCUT2D eigenvalue weighted by Gasteiger charge is 2.10. The molecule has 0 atom stereocenters. The third-order valence-corrected chi connectivity index (χ3v) is 4.01. The van der Waals surface area contributed by atoms with E-state index in [1.54, 1.807) is 60.7 Å². The van der Waals surface area contributed by atoms with E-state index < -0.39 is 0 Å². The third-order valence-electron chi connectivity index (χ3n) is 3.78. The SMILES string of the molecule is Cc1ccc(C(=O)Nc2cccc(C(=O)Nc3cccc(Cl)c3)c2)cc1. The molecular formula is C21H17ClN2O2. The molecule has 0 radical (unpaired) electrons. The lowest BCUT2D eigenvalue weighted by molar-refractivity contribution is 0.101. The number of carbonyl (C=O) groups is 2. The molecule has 26 heavy (non-hydrogen) atoms. The van der Waals surface area contributed by atoms with Gasteiger partial charge in [-0.1, -0.05) is 41.4 Å². The molecule has 2 N–H and O–H groups in total. The molecule has 0 aliphatic carbocycles. The van der Waals surface area contributed by atoms with Crippen LogP contribution in [0, 0.1) is 6.92 Å². The number of carbonyl (C=O) groups excluding carboxylic acids is 2. The smallest absolute Gasteiger partial charge is 0.255 e. The zero-order chi connectivity index (χ0) is 18.5. The lowest BCUT2D eigenvalue weighted by Crippen LogP contribution is -2.14. The van der Waals surface area contributed by atoms with Gasteiger partial charge in [0.15, 0.2) is 0 Å².